The van der Waals surface area contributed by atoms with Crippen molar-refractivity contribution in [3.8, 4) is 0 Å². The number of nitrogens with two attached hydrogens (primary N) is 1. The molecule has 0 aliphatic heterocycles. The third-order valence-electron chi connectivity index (χ3n) is 4.33. The van der Waals surface area contributed by atoms with E-state index in [1.165, 1.54) is 19.3 Å². The van der Waals surface area contributed by atoms with Crippen molar-refractivity contribution < 1.29 is 8.42 Å². The molecule has 2 saturated carbocycles. The van der Waals surface area contributed by atoms with Gasteiger partial charge in [0, 0.05) is 12.1 Å². The van der Waals surface area contributed by atoms with E-state index >= 15 is 0 Å². The summed E-state index contributed by atoms with van der Waals surface area (Å²) in [7, 11) is -3.14. The monoisotopic (exact) mass is 274 g/mol. The van der Waals surface area contributed by atoms with E-state index in [-0.39, 0.29) is 12.1 Å². The van der Waals surface area contributed by atoms with Gasteiger partial charge in [-0.1, -0.05) is 32.1 Å². The number of nitrogens with one attached hydrogen (secondary N) is 1. The van der Waals surface area contributed by atoms with Crippen molar-refractivity contribution in [1.82, 2.24) is 4.72 Å². The van der Waals surface area contributed by atoms with E-state index in [9.17, 15) is 8.42 Å². The lowest BCUT2D eigenvalue weighted by Gasteiger charge is -2.30. The molecule has 2 fully saturated rings. The maximum atomic E-state index is 12.1. The summed E-state index contributed by atoms with van der Waals surface area (Å²) in [6.45, 7) is 0. The van der Waals surface area contributed by atoms with Gasteiger partial charge in [0.2, 0.25) is 10.0 Å². The molecular weight excluding hydrogens is 248 g/mol. The molecule has 2 atom stereocenters. The Morgan fingerprint density at radius 3 is 2.22 bits per heavy atom. The minimum absolute atomic E-state index is 0.000110. The average molecular weight is 274 g/mol. The molecule has 5 heteroatoms. The maximum Gasteiger partial charge on any atom is 0.212 e. The summed E-state index contributed by atoms with van der Waals surface area (Å²) < 4.78 is 27.1. The highest BCUT2D eigenvalue weighted by Crippen LogP contribution is 2.25. The molecule has 2 aliphatic rings. The molecule has 0 aromatic rings. The van der Waals surface area contributed by atoms with Gasteiger partial charge >= 0.3 is 0 Å². The summed E-state index contributed by atoms with van der Waals surface area (Å²) in [6.07, 6.45) is 9.81. The second-order valence-corrected chi connectivity index (χ2v) is 7.76. The van der Waals surface area contributed by atoms with Crippen molar-refractivity contribution in [1.29, 1.82) is 0 Å². The van der Waals surface area contributed by atoms with Crippen molar-refractivity contribution in [3.05, 3.63) is 0 Å². The van der Waals surface area contributed by atoms with Crippen molar-refractivity contribution in [3.63, 3.8) is 0 Å². The zero-order chi connectivity index (χ0) is 13.0. The minimum atomic E-state index is -3.14. The number of hydrogen-bond acceptors (Lipinski definition) is 3. The highest BCUT2D eigenvalue weighted by atomic mass is 32.2. The Morgan fingerprint density at radius 2 is 1.56 bits per heavy atom. The molecule has 0 amide bonds. The van der Waals surface area contributed by atoms with Crippen LogP contribution in [0.15, 0.2) is 0 Å². The molecule has 4 nitrogen and oxygen atoms in total. The Balaban J connectivity index is 1.85. The summed E-state index contributed by atoms with van der Waals surface area (Å²) in [5.41, 5.74) is 5.99. The highest BCUT2D eigenvalue weighted by molar-refractivity contribution is 7.89. The van der Waals surface area contributed by atoms with E-state index in [1.54, 1.807) is 0 Å². The molecule has 106 valence electrons. The van der Waals surface area contributed by atoms with Gasteiger partial charge in [-0.2, -0.15) is 0 Å². The number of sulfonamides is 1. The van der Waals surface area contributed by atoms with Crippen LogP contribution in [-0.4, -0.2) is 26.3 Å². The summed E-state index contributed by atoms with van der Waals surface area (Å²) >= 11 is 0. The van der Waals surface area contributed by atoms with Crippen molar-refractivity contribution in [2.45, 2.75) is 69.9 Å². The molecule has 2 rings (SSSR count). The lowest BCUT2D eigenvalue weighted by molar-refractivity contribution is 0.354. The summed E-state index contributed by atoms with van der Waals surface area (Å²) in [4.78, 5) is 0. The molecular formula is C13H26N2O2S. The first kappa shape index (κ1) is 14.3. The summed E-state index contributed by atoms with van der Waals surface area (Å²) in [6, 6.07) is -0.0350. The van der Waals surface area contributed by atoms with E-state index in [1.807, 2.05) is 0 Å². The predicted molar refractivity (Wildman–Crippen MR) is 73.7 cm³/mol. The molecule has 0 unspecified atom stereocenters. The molecule has 0 heterocycles. The Morgan fingerprint density at radius 1 is 0.944 bits per heavy atom. The van der Waals surface area contributed by atoms with Crippen LogP contribution in [0.5, 0.6) is 0 Å². The average Bonchev–Trinajstić information content (AvgIpc) is 2.32. The van der Waals surface area contributed by atoms with Crippen LogP contribution in [0.2, 0.25) is 0 Å². The molecule has 0 saturated heterocycles. The van der Waals surface area contributed by atoms with Gasteiger partial charge in [-0.3, -0.25) is 0 Å². The Hall–Kier alpha value is -0.130. The van der Waals surface area contributed by atoms with E-state index in [0.29, 0.717) is 11.7 Å². The van der Waals surface area contributed by atoms with Crippen molar-refractivity contribution in [2.75, 3.05) is 5.75 Å². The summed E-state index contributed by atoms with van der Waals surface area (Å²) in [5, 5.41) is 0. The first-order valence-electron chi connectivity index (χ1n) is 7.32. The smallest absolute Gasteiger partial charge is 0.212 e. The Bertz CT molecular complexity index is 350. The fourth-order valence-corrected chi connectivity index (χ4v) is 5.05. The van der Waals surface area contributed by atoms with E-state index in [4.69, 9.17) is 5.73 Å². The fourth-order valence-electron chi connectivity index (χ4n) is 3.25. The van der Waals surface area contributed by atoms with Gasteiger partial charge in [-0.05, 0) is 31.6 Å². The highest BCUT2D eigenvalue weighted by Gasteiger charge is 2.28. The SMILES string of the molecule is N[C@@H]1CCCC[C@H]1NS(=O)(=O)CC1CCCCC1. The van der Waals surface area contributed by atoms with Crippen LogP contribution in [0, 0.1) is 5.92 Å². The minimum Gasteiger partial charge on any atom is -0.326 e. The molecule has 0 spiro atoms. The van der Waals surface area contributed by atoms with Gasteiger partial charge in [0.25, 0.3) is 0 Å². The van der Waals surface area contributed by atoms with E-state index in [2.05, 4.69) is 4.72 Å². The van der Waals surface area contributed by atoms with Gasteiger partial charge in [-0.15, -0.1) is 0 Å². The van der Waals surface area contributed by atoms with Crippen LogP contribution in [0.1, 0.15) is 57.8 Å². The fraction of sp³-hybridized carbons (Fsp3) is 1.00. The number of hydrogen-bond donors (Lipinski definition) is 2. The van der Waals surface area contributed by atoms with Crippen LogP contribution < -0.4 is 10.5 Å². The summed E-state index contributed by atoms with van der Waals surface area (Å²) in [5.74, 6) is 0.659. The first-order valence-corrected chi connectivity index (χ1v) is 8.97. The molecule has 0 aromatic carbocycles. The molecule has 0 bridgehead atoms. The van der Waals surface area contributed by atoms with Gasteiger partial charge in [-0.25, -0.2) is 13.1 Å². The third kappa shape index (κ3) is 4.21. The lowest BCUT2D eigenvalue weighted by atomic mass is 9.91. The van der Waals surface area contributed by atoms with Crippen LogP contribution in [-0.2, 0) is 10.0 Å². The quantitative estimate of drug-likeness (QED) is 0.820. The van der Waals surface area contributed by atoms with E-state index in [0.717, 1.165) is 38.5 Å². The molecule has 0 aromatic heterocycles. The number of rotatable bonds is 4. The molecule has 18 heavy (non-hydrogen) atoms. The van der Waals surface area contributed by atoms with Gasteiger partial charge in [0.05, 0.1) is 5.75 Å². The van der Waals surface area contributed by atoms with Crippen LogP contribution in [0.3, 0.4) is 0 Å². The third-order valence-corrected chi connectivity index (χ3v) is 5.90. The lowest BCUT2D eigenvalue weighted by Crippen LogP contribution is -2.50. The molecule has 0 radical (unpaired) electrons. The predicted octanol–water partition coefficient (Wildman–Crippen LogP) is 1.76. The van der Waals surface area contributed by atoms with Crippen LogP contribution in [0.4, 0.5) is 0 Å². The standard InChI is InChI=1S/C13H26N2O2S/c14-12-8-4-5-9-13(12)15-18(16,17)10-11-6-2-1-3-7-11/h11-13,15H,1-10,14H2/t12-,13-/m1/s1. The first-order chi connectivity index (χ1) is 8.57. The van der Waals surface area contributed by atoms with Gasteiger partial charge in [0.1, 0.15) is 0 Å². The van der Waals surface area contributed by atoms with Gasteiger partial charge < -0.3 is 5.73 Å². The Kier molecular flexibility index (Phi) is 5.04. The Labute approximate surface area is 111 Å². The van der Waals surface area contributed by atoms with E-state index < -0.39 is 10.0 Å². The molecule has 3 N–H and O–H groups in total. The van der Waals surface area contributed by atoms with Crippen molar-refractivity contribution >= 4 is 10.0 Å². The van der Waals surface area contributed by atoms with Gasteiger partial charge in [0.15, 0.2) is 0 Å². The maximum absolute atomic E-state index is 12.1. The van der Waals surface area contributed by atoms with Crippen LogP contribution in [0.25, 0.3) is 0 Å². The second-order valence-electron chi connectivity index (χ2n) is 5.96. The topological polar surface area (TPSA) is 72.2 Å². The molecule has 2 aliphatic carbocycles. The van der Waals surface area contributed by atoms with Crippen LogP contribution >= 0.6 is 0 Å². The second kappa shape index (κ2) is 6.35. The largest absolute Gasteiger partial charge is 0.326 e. The zero-order valence-corrected chi connectivity index (χ0v) is 11.9. The normalized spacial score (nSPS) is 31.4. The zero-order valence-electron chi connectivity index (χ0n) is 11.1. The van der Waals surface area contributed by atoms with Crippen molar-refractivity contribution in [2.24, 2.45) is 11.7 Å².